The third-order valence-electron chi connectivity index (χ3n) is 2.42. The van der Waals surface area contributed by atoms with Gasteiger partial charge in [-0.05, 0) is 30.5 Å². The van der Waals surface area contributed by atoms with Gasteiger partial charge in [-0.3, -0.25) is 9.59 Å². The Morgan fingerprint density at radius 3 is 2.78 bits per heavy atom. The molecule has 0 fully saturated rings. The van der Waals surface area contributed by atoms with Gasteiger partial charge in [-0.2, -0.15) is 0 Å². The van der Waals surface area contributed by atoms with E-state index in [2.05, 4.69) is 5.32 Å². The van der Waals surface area contributed by atoms with Crippen LogP contribution in [0.2, 0.25) is 0 Å². The summed E-state index contributed by atoms with van der Waals surface area (Å²) >= 11 is 1.13. The van der Waals surface area contributed by atoms with E-state index >= 15 is 0 Å². The molecule has 1 heterocycles. The molecule has 2 N–H and O–H groups in total. The number of carbonyl (C=O) groups excluding carboxylic acids is 1. The lowest BCUT2D eigenvalue weighted by Crippen LogP contribution is -2.37. The number of benzene rings is 1. The minimum Gasteiger partial charge on any atom is -0.480 e. The van der Waals surface area contributed by atoms with Crippen molar-refractivity contribution in [3.63, 3.8) is 0 Å². The van der Waals surface area contributed by atoms with E-state index < -0.39 is 17.9 Å². The number of hydrogen-bond donors (Lipinski definition) is 2. The van der Waals surface area contributed by atoms with Crippen LogP contribution >= 0.6 is 11.3 Å². The number of rotatable bonds is 3. The Hall–Kier alpha value is -1.95. The quantitative estimate of drug-likeness (QED) is 0.896. The fraction of sp³-hybridized carbons (Fsp3) is 0.167. The zero-order valence-electron chi connectivity index (χ0n) is 9.44. The van der Waals surface area contributed by atoms with E-state index in [0.29, 0.717) is 9.58 Å². The van der Waals surface area contributed by atoms with E-state index in [1.54, 1.807) is 12.1 Å². The lowest BCUT2D eigenvalue weighted by molar-refractivity contribution is -0.138. The fourth-order valence-corrected chi connectivity index (χ4v) is 2.44. The molecule has 0 saturated carbocycles. The molecule has 0 aliphatic carbocycles. The van der Waals surface area contributed by atoms with E-state index in [1.165, 1.54) is 19.1 Å². The lowest BCUT2D eigenvalue weighted by Gasteiger charge is -2.07. The smallest absolute Gasteiger partial charge is 0.325 e. The van der Waals surface area contributed by atoms with Gasteiger partial charge in [-0.25, -0.2) is 4.39 Å². The molecule has 2 aromatic rings. The summed E-state index contributed by atoms with van der Waals surface area (Å²) in [6, 6.07) is 4.90. The highest BCUT2D eigenvalue weighted by Gasteiger charge is 2.17. The Kier molecular flexibility index (Phi) is 3.29. The standard InChI is InChI=1S/C12H10FNO3S/c1-6(12(16)17)14-11(15)10-4-7-2-3-8(13)5-9(7)18-10/h2-6H,1H3,(H,14,15)(H,16,17). The molecule has 2 rings (SSSR count). The molecule has 1 aromatic carbocycles. The SMILES string of the molecule is CC(NC(=O)c1cc2ccc(F)cc2s1)C(=O)O. The Balaban J connectivity index is 2.26. The molecule has 94 valence electrons. The number of hydrogen-bond acceptors (Lipinski definition) is 3. The molecule has 1 atom stereocenters. The van der Waals surface area contributed by atoms with Crippen molar-refractivity contribution in [3.8, 4) is 0 Å². The highest BCUT2D eigenvalue weighted by molar-refractivity contribution is 7.20. The maximum absolute atomic E-state index is 13.0. The highest BCUT2D eigenvalue weighted by Crippen LogP contribution is 2.26. The van der Waals surface area contributed by atoms with Gasteiger partial charge in [0.25, 0.3) is 5.91 Å². The van der Waals surface area contributed by atoms with Crippen LogP contribution in [0.5, 0.6) is 0 Å². The topological polar surface area (TPSA) is 66.4 Å². The van der Waals surface area contributed by atoms with Gasteiger partial charge in [0.1, 0.15) is 11.9 Å². The highest BCUT2D eigenvalue weighted by atomic mass is 32.1. The van der Waals surface area contributed by atoms with E-state index in [9.17, 15) is 14.0 Å². The molecule has 4 nitrogen and oxygen atoms in total. The average molecular weight is 267 g/mol. The second kappa shape index (κ2) is 4.73. The summed E-state index contributed by atoms with van der Waals surface area (Å²) in [5, 5.41) is 11.8. The maximum atomic E-state index is 13.0. The van der Waals surface area contributed by atoms with Crippen molar-refractivity contribution in [1.29, 1.82) is 0 Å². The number of aliphatic carboxylic acids is 1. The van der Waals surface area contributed by atoms with E-state index in [1.807, 2.05) is 0 Å². The third-order valence-corrected chi connectivity index (χ3v) is 3.52. The van der Waals surface area contributed by atoms with E-state index in [0.717, 1.165) is 16.7 Å². The second-order valence-electron chi connectivity index (χ2n) is 3.83. The number of carbonyl (C=O) groups is 2. The zero-order valence-corrected chi connectivity index (χ0v) is 10.3. The van der Waals surface area contributed by atoms with Crippen molar-refractivity contribution in [3.05, 3.63) is 35.0 Å². The minimum absolute atomic E-state index is 0.365. The van der Waals surface area contributed by atoms with Crippen molar-refractivity contribution in [2.75, 3.05) is 0 Å². The van der Waals surface area contributed by atoms with Gasteiger partial charge in [-0.1, -0.05) is 6.07 Å². The molecule has 1 aromatic heterocycles. The molecular formula is C12H10FNO3S. The maximum Gasteiger partial charge on any atom is 0.325 e. The van der Waals surface area contributed by atoms with Gasteiger partial charge in [0.15, 0.2) is 0 Å². The van der Waals surface area contributed by atoms with Gasteiger partial charge in [0.05, 0.1) is 4.88 Å². The van der Waals surface area contributed by atoms with Crippen LogP contribution in [0, 0.1) is 5.82 Å². The van der Waals surface area contributed by atoms with Crippen LogP contribution in [-0.4, -0.2) is 23.0 Å². The average Bonchev–Trinajstić information content (AvgIpc) is 2.71. The number of nitrogens with one attached hydrogen (secondary N) is 1. The van der Waals surface area contributed by atoms with Crippen LogP contribution in [0.1, 0.15) is 16.6 Å². The Labute approximate surface area is 106 Å². The molecule has 0 spiro atoms. The van der Waals surface area contributed by atoms with Gasteiger partial charge < -0.3 is 10.4 Å². The Bertz CT molecular complexity index is 623. The predicted molar refractivity (Wildman–Crippen MR) is 66.3 cm³/mol. The summed E-state index contributed by atoms with van der Waals surface area (Å²) in [7, 11) is 0. The Morgan fingerprint density at radius 2 is 2.11 bits per heavy atom. The van der Waals surface area contributed by atoms with Crippen LogP contribution in [0.25, 0.3) is 10.1 Å². The second-order valence-corrected chi connectivity index (χ2v) is 4.91. The number of fused-ring (bicyclic) bond motifs is 1. The molecule has 0 saturated heterocycles. The number of carboxylic acids is 1. The normalized spacial score (nSPS) is 12.3. The first-order chi connectivity index (χ1) is 8.47. The third kappa shape index (κ3) is 2.48. The summed E-state index contributed by atoms with van der Waals surface area (Å²) in [6.45, 7) is 1.38. The molecule has 1 unspecified atom stereocenters. The summed E-state index contributed by atoms with van der Waals surface area (Å²) in [5.74, 6) is -1.93. The number of amides is 1. The van der Waals surface area contributed by atoms with Gasteiger partial charge in [0.2, 0.25) is 0 Å². The first-order valence-electron chi connectivity index (χ1n) is 5.20. The van der Waals surface area contributed by atoms with E-state index in [4.69, 9.17) is 5.11 Å². The minimum atomic E-state index is -1.10. The predicted octanol–water partition coefficient (Wildman–Crippen LogP) is 2.24. The van der Waals surface area contributed by atoms with Crippen LogP contribution in [-0.2, 0) is 4.79 Å². The van der Waals surface area contributed by atoms with Crippen LogP contribution < -0.4 is 5.32 Å². The van der Waals surface area contributed by atoms with Gasteiger partial charge in [0, 0.05) is 4.70 Å². The van der Waals surface area contributed by atoms with E-state index in [-0.39, 0.29) is 5.82 Å². The van der Waals surface area contributed by atoms with Crippen molar-refractivity contribution < 1.29 is 19.1 Å². The van der Waals surface area contributed by atoms with Crippen LogP contribution in [0.4, 0.5) is 4.39 Å². The van der Waals surface area contributed by atoms with Crippen molar-refractivity contribution in [2.45, 2.75) is 13.0 Å². The molecule has 6 heteroatoms. The molecule has 0 radical (unpaired) electrons. The summed E-state index contributed by atoms with van der Waals surface area (Å²) in [5.41, 5.74) is 0. The first-order valence-corrected chi connectivity index (χ1v) is 6.02. The molecule has 0 bridgehead atoms. The van der Waals surface area contributed by atoms with Crippen molar-refractivity contribution in [2.24, 2.45) is 0 Å². The zero-order chi connectivity index (χ0) is 13.3. The van der Waals surface area contributed by atoms with Crippen molar-refractivity contribution >= 4 is 33.3 Å². The number of carboxylic acid groups (broad SMARTS) is 1. The molecule has 1 amide bonds. The van der Waals surface area contributed by atoms with Gasteiger partial charge in [-0.15, -0.1) is 11.3 Å². The summed E-state index contributed by atoms with van der Waals surface area (Å²) < 4.78 is 13.6. The molecule has 18 heavy (non-hydrogen) atoms. The molecule has 0 aliphatic rings. The van der Waals surface area contributed by atoms with Crippen LogP contribution in [0.3, 0.4) is 0 Å². The lowest BCUT2D eigenvalue weighted by atomic mass is 10.2. The van der Waals surface area contributed by atoms with Crippen molar-refractivity contribution in [1.82, 2.24) is 5.32 Å². The first kappa shape index (κ1) is 12.5. The monoisotopic (exact) mass is 267 g/mol. The molecular weight excluding hydrogens is 257 g/mol. The number of thiophene rings is 1. The number of halogens is 1. The Morgan fingerprint density at radius 1 is 1.39 bits per heavy atom. The van der Waals surface area contributed by atoms with Gasteiger partial charge >= 0.3 is 5.97 Å². The van der Waals surface area contributed by atoms with Crippen LogP contribution in [0.15, 0.2) is 24.3 Å². The fourth-order valence-electron chi connectivity index (χ4n) is 1.45. The summed E-state index contributed by atoms with van der Waals surface area (Å²) in [4.78, 5) is 22.7. The largest absolute Gasteiger partial charge is 0.480 e. The molecule has 0 aliphatic heterocycles. The summed E-state index contributed by atoms with van der Waals surface area (Å²) in [6.07, 6.45) is 0.